The number of rotatable bonds is 8. The second kappa shape index (κ2) is 12.0. The Bertz CT molecular complexity index is 1560. The Balaban J connectivity index is 1.45. The third-order valence-electron chi connectivity index (χ3n) is 6.75. The van der Waals surface area contributed by atoms with Crippen molar-refractivity contribution in [1.82, 2.24) is 19.7 Å². The summed E-state index contributed by atoms with van der Waals surface area (Å²) in [6.07, 6.45) is 1.73. The Kier molecular flexibility index (Phi) is 8.19. The van der Waals surface area contributed by atoms with Crippen molar-refractivity contribution in [2.45, 2.75) is 45.4 Å². The fraction of sp³-hybridized carbons (Fsp3) is 0.355. The number of methoxy groups -OCH3 is 2. The summed E-state index contributed by atoms with van der Waals surface area (Å²) >= 11 is 0. The zero-order valence-corrected chi connectivity index (χ0v) is 24.4. The van der Waals surface area contributed by atoms with Gasteiger partial charge in [-0.2, -0.15) is 0 Å². The van der Waals surface area contributed by atoms with E-state index in [0.717, 1.165) is 22.7 Å². The molecule has 0 aliphatic carbocycles. The maximum Gasteiger partial charge on any atom is 0.410 e. The van der Waals surface area contributed by atoms with Gasteiger partial charge >= 0.3 is 12.1 Å². The molecule has 220 valence electrons. The summed E-state index contributed by atoms with van der Waals surface area (Å²) in [6.45, 7) is 6.92. The first kappa shape index (κ1) is 28.7. The molecular weight excluding hydrogens is 538 g/mol. The van der Waals surface area contributed by atoms with Crippen molar-refractivity contribution in [2.75, 3.05) is 32.6 Å². The van der Waals surface area contributed by atoms with Crippen LogP contribution in [0.2, 0.25) is 0 Å². The number of hydrogen-bond donors (Lipinski definition) is 1. The summed E-state index contributed by atoms with van der Waals surface area (Å²) in [5.41, 5.74) is 3.04. The number of fused-ring (bicyclic) bond motifs is 1. The zero-order valence-electron chi connectivity index (χ0n) is 24.4. The summed E-state index contributed by atoms with van der Waals surface area (Å²) in [5.74, 6) is 0.781. The zero-order chi connectivity index (χ0) is 29.9. The first-order chi connectivity index (χ1) is 20.1. The molecule has 0 spiro atoms. The van der Waals surface area contributed by atoms with Crippen LogP contribution in [0.3, 0.4) is 0 Å². The second-order valence-corrected chi connectivity index (χ2v) is 11.0. The van der Waals surface area contributed by atoms with Crippen LogP contribution in [0.1, 0.15) is 43.1 Å². The molecule has 0 radical (unpaired) electrons. The van der Waals surface area contributed by atoms with Crippen molar-refractivity contribution in [3.63, 3.8) is 0 Å². The molecule has 0 unspecified atom stereocenters. The molecule has 2 aromatic carbocycles. The van der Waals surface area contributed by atoms with Gasteiger partial charge in [0.1, 0.15) is 22.8 Å². The van der Waals surface area contributed by atoms with E-state index in [1.54, 1.807) is 47.2 Å². The summed E-state index contributed by atoms with van der Waals surface area (Å²) in [7, 11) is 2.98. The number of anilines is 2. The molecule has 2 aromatic heterocycles. The number of likely N-dealkylation sites (tertiary alicyclic amines) is 1. The predicted molar refractivity (Wildman–Crippen MR) is 158 cm³/mol. The highest BCUT2D eigenvalue weighted by Crippen LogP contribution is 2.35. The van der Waals surface area contributed by atoms with Crippen molar-refractivity contribution < 1.29 is 28.5 Å². The summed E-state index contributed by atoms with van der Waals surface area (Å²) in [6, 6.07) is 16.6. The van der Waals surface area contributed by atoms with E-state index in [1.807, 2.05) is 51.1 Å². The minimum Gasteiger partial charge on any atom is -0.497 e. The fourth-order valence-electron chi connectivity index (χ4n) is 4.70. The van der Waals surface area contributed by atoms with Gasteiger partial charge in [-0.3, -0.25) is 0 Å². The minimum absolute atomic E-state index is 0.266. The largest absolute Gasteiger partial charge is 0.497 e. The number of esters is 1. The number of carbonyl (C=O) groups is 2. The van der Waals surface area contributed by atoms with Crippen LogP contribution >= 0.6 is 0 Å². The number of nitrogens with zero attached hydrogens (tertiary/aromatic N) is 4. The van der Waals surface area contributed by atoms with Gasteiger partial charge in [-0.05, 0) is 68.8 Å². The third-order valence-corrected chi connectivity index (χ3v) is 6.75. The van der Waals surface area contributed by atoms with Crippen molar-refractivity contribution in [3.8, 4) is 11.6 Å². The topological polar surface area (TPSA) is 117 Å². The molecule has 11 nitrogen and oxygen atoms in total. The second-order valence-electron chi connectivity index (χ2n) is 11.0. The minimum atomic E-state index is -0.576. The number of hydrogen-bond acceptors (Lipinski definition) is 9. The highest BCUT2D eigenvalue weighted by Gasteiger charge is 2.32. The molecule has 5 rings (SSSR count). The average Bonchev–Trinajstić information content (AvgIpc) is 3.58. The van der Waals surface area contributed by atoms with Gasteiger partial charge in [0, 0.05) is 24.8 Å². The van der Waals surface area contributed by atoms with E-state index in [2.05, 4.69) is 10.3 Å². The predicted octanol–water partition coefficient (Wildman–Crippen LogP) is 5.41. The molecule has 1 amide bonds. The number of ether oxygens (including phenoxy) is 4. The maximum atomic E-state index is 12.6. The Morgan fingerprint density at radius 1 is 1.02 bits per heavy atom. The molecule has 0 saturated carbocycles. The number of aromatic nitrogens is 3. The number of carbonyl (C=O) groups excluding carboxylic acids is 2. The molecule has 3 heterocycles. The van der Waals surface area contributed by atoms with Crippen LogP contribution in [-0.2, 0) is 16.0 Å². The van der Waals surface area contributed by atoms with E-state index in [4.69, 9.17) is 24.0 Å². The Hall–Kier alpha value is -4.80. The molecule has 1 aliphatic rings. The summed E-state index contributed by atoms with van der Waals surface area (Å²) < 4.78 is 23.9. The molecule has 0 bridgehead atoms. The lowest BCUT2D eigenvalue weighted by Crippen LogP contribution is -2.36. The molecule has 1 aliphatic heterocycles. The number of amides is 1. The molecule has 1 saturated heterocycles. The van der Waals surface area contributed by atoms with Gasteiger partial charge in [0.05, 0.1) is 38.6 Å². The van der Waals surface area contributed by atoms with Gasteiger partial charge in [0.15, 0.2) is 5.65 Å². The normalized spacial score (nSPS) is 15.0. The van der Waals surface area contributed by atoms with Gasteiger partial charge in [0.25, 0.3) is 0 Å². The van der Waals surface area contributed by atoms with Gasteiger partial charge in [-0.25, -0.2) is 19.3 Å². The highest BCUT2D eigenvalue weighted by molar-refractivity contribution is 5.96. The monoisotopic (exact) mass is 573 g/mol. The number of nitrogens with one attached hydrogen (secondary N) is 1. The average molecular weight is 574 g/mol. The van der Waals surface area contributed by atoms with E-state index in [1.165, 1.54) is 7.11 Å². The lowest BCUT2D eigenvalue weighted by atomic mass is 10.2. The van der Waals surface area contributed by atoms with Crippen LogP contribution in [0.25, 0.3) is 11.0 Å². The highest BCUT2D eigenvalue weighted by atomic mass is 16.6. The van der Waals surface area contributed by atoms with Crippen LogP contribution in [0.4, 0.5) is 16.2 Å². The van der Waals surface area contributed by atoms with Crippen molar-refractivity contribution in [3.05, 3.63) is 71.9 Å². The first-order valence-electron chi connectivity index (χ1n) is 13.7. The van der Waals surface area contributed by atoms with Crippen LogP contribution < -0.4 is 14.8 Å². The first-order valence-corrected chi connectivity index (χ1v) is 13.7. The lowest BCUT2D eigenvalue weighted by Gasteiger charge is -2.24. The lowest BCUT2D eigenvalue weighted by molar-refractivity contribution is 0.0275. The Morgan fingerprint density at radius 2 is 1.76 bits per heavy atom. The van der Waals surface area contributed by atoms with E-state index in [-0.39, 0.29) is 12.2 Å². The molecule has 1 atom stereocenters. The molecule has 11 heteroatoms. The Morgan fingerprint density at radius 3 is 2.43 bits per heavy atom. The smallest absolute Gasteiger partial charge is 0.410 e. The van der Waals surface area contributed by atoms with E-state index in [9.17, 15) is 9.59 Å². The van der Waals surface area contributed by atoms with Crippen molar-refractivity contribution >= 4 is 34.5 Å². The van der Waals surface area contributed by atoms with E-state index >= 15 is 0 Å². The van der Waals surface area contributed by atoms with Crippen molar-refractivity contribution in [1.29, 1.82) is 0 Å². The molecule has 1 N–H and O–H groups in total. The third kappa shape index (κ3) is 6.56. The summed E-state index contributed by atoms with van der Waals surface area (Å²) in [5, 5.41) is 8.96. The molecule has 42 heavy (non-hydrogen) atoms. The van der Waals surface area contributed by atoms with E-state index in [0.29, 0.717) is 48.5 Å². The number of benzene rings is 2. The SMILES string of the molecule is COC(=O)c1ccc(Nc2ccnc3c2c(O[C@@H]2CCN(C(=O)OC(C)(C)C)C2)nn3Cc2ccc(OC)cc2)cc1. The van der Waals surface area contributed by atoms with Gasteiger partial charge in [-0.15, -0.1) is 5.10 Å². The van der Waals surface area contributed by atoms with Gasteiger partial charge in [0.2, 0.25) is 5.88 Å². The standard InChI is InChI=1S/C31H35N5O6/c1-31(2,3)42-30(38)35-17-15-24(19-35)41-28-26-25(33-22-10-8-21(9-11-22)29(37)40-5)14-16-32-27(26)36(34-28)18-20-6-12-23(39-4)13-7-20/h6-14,16,24H,15,17-19H2,1-5H3,(H,32,33)/t24-/m1/s1. The quantitative estimate of drug-likeness (QED) is 0.276. The molecule has 4 aromatic rings. The molecular formula is C31H35N5O6. The fourth-order valence-corrected chi connectivity index (χ4v) is 4.70. The van der Waals surface area contributed by atoms with Crippen LogP contribution in [0, 0.1) is 0 Å². The summed E-state index contributed by atoms with van der Waals surface area (Å²) in [4.78, 5) is 30.8. The van der Waals surface area contributed by atoms with Crippen LogP contribution in [0.5, 0.6) is 11.6 Å². The van der Waals surface area contributed by atoms with Crippen LogP contribution in [-0.4, -0.2) is 70.7 Å². The maximum absolute atomic E-state index is 12.6. The van der Waals surface area contributed by atoms with Crippen molar-refractivity contribution in [2.24, 2.45) is 0 Å². The number of pyridine rings is 1. The van der Waals surface area contributed by atoms with E-state index < -0.39 is 11.6 Å². The Labute approximate surface area is 244 Å². The van der Waals surface area contributed by atoms with Gasteiger partial charge < -0.3 is 29.2 Å². The molecule has 1 fully saturated rings. The van der Waals surface area contributed by atoms with Gasteiger partial charge in [-0.1, -0.05) is 12.1 Å². The van der Waals surface area contributed by atoms with Crippen LogP contribution in [0.15, 0.2) is 60.8 Å².